The van der Waals surface area contributed by atoms with Crippen molar-refractivity contribution in [3.05, 3.63) is 48.0 Å². The molecule has 1 atom stereocenters. The van der Waals surface area contributed by atoms with Gasteiger partial charge in [-0.05, 0) is 24.3 Å². The van der Waals surface area contributed by atoms with E-state index in [-0.39, 0.29) is 11.9 Å². The topological polar surface area (TPSA) is 97.3 Å². The van der Waals surface area contributed by atoms with Crippen LogP contribution in [-0.2, 0) is 0 Å². The fourth-order valence-electron chi connectivity index (χ4n) is 3.82. The summed E-state index contributed by atoms with van der Waals surface area (Å²) in [6.45, 7) is 2.06. The van der Waals surface area contributed by atoms with E-state index in [9.17, 15) is 4.79 Å². The number of nitrogens with zero attached hydrogens (tertiary/aromatic N) is 4. The van der Waals surface area contributed by atoms with E-state index in [0.29, 0.717) is 49.3 Å². The minimum Gasteiger partial charge on any atom is -0.496 e. The quantitative estimate of drug-likeness (QED) is 0.490. The van der Waals surface area contributed by atoms with Gasteiger partial charge in [0.05, 0.1) is 20.3 Å². The van der Waals surface area contributed by atoms with Crippen molar-refractivity contribution in [2.45, 2.75) is 6.04 Å². The molecule has 0 aliphatic carbocycles. The van der Waals surface area contributed by atoms with Crippen LogP contribution in [0.2, 0.25) is 0 Å². The highest BCUT2D eigenvalue weighted by Crippen LogP contribution is 2.30. The van der Waals surface area contributed by atoms with E-state index in [2.05, 4.69) is 4.98 Å². The first-order valence-electron chi connectivity index (χ1n) is 10.1. The maximum Gasteiger partial charge on any atom is 0.298 e. The second kappa shape index (κ2) is 8.83. The molecule has 1 fully saturated rings. The highest BCUT2D eigenvalue weighted by molar-refractivity contribution is 5.99. The standard InChI is InChI=1S/C22H27N5O4/c1-25(23)15-13-26(21(28)20-18(29-2)9-6-10-19(20)30-3)11-12-27(14-15)22-24-16-7-4-5-8-17(16)31-22/h4-10,15H,11-14,23H2,1-3H3. The number of oxazole rings is 1. The van der Waals surface area contributed by atoms with Gasteiger partial charge in [0, 0.05) is 33.2 Å². The molecule has 1 aliphatic rings. The van der Waals surface area contributed by atoms with Gasteiger partial charge in [-0.15, -0.1) is 0 Å². The number of nitrogens with two attached hydrogens (primary N) is 1. The first-order chi connectivity index (χ1) is 15.0. The van der Waals surface area contributed by atoms with Crippen molar-refractivity contribution in [2.24, 2.45) is 5.84 Å². The van der Waals surface area contributed by atoms with Crippen LogP contribution in [0.3, 0.4) is 0 Å². The van der Waals surface area contributed by atoms with Crippen LogP contribution in [0, 0.1) is 0 Å². The van der Waals surface area contributed by atoms with Gasteiger partial charge in [-0.25, -0.2) is 5.01 Å². The van der Waals surface area contributed by atoms with E-state index in [1.807, 2.05) is 29.2 Å². The fraction of sp³-hybridized carbons (Fsp3) is 0.364. The SMILES string of the molecule is COc1cccc(OC)c1C(=O)N1CCN(c2nc3ccccc3o2)CC(N(C)N)C1. The minimum atomic E-state index is -0.166. The van der Waals surface area contributed by atoms with Gasteiger partial charge in [-0.3, -0.25) is 10.6 Å². The molecule has 1 amide bonds. The molecule has 164 valence electrons. The normalized spacial score (nSPS) is 17.1. The van der Waals surface area contributed by atoms with Gasteiger partial charge >= 0.3 is 0 Å². The molecule has 0 spiro atoms. The Bertz CT molecular complexity index is 1010. The third kappa shape index (κ3) is 4.14. The third-order valence-corrected chi connectivity index (χ3v) is 5.56. The number of amides is 1. The molecule has 31 heavy (non-hydrogen) atoms. The molecule has 4 rings (SSSR count). The summed E-state index contributed by atoms with van der Waals surface area (Å²) in [5, 5.41) is 1.63. The van der Waals surface area contributed by atoms with Crippen LogP contribution < -0.4 is 20.2 Å². The molecule has 1 saturated heterocycles. The number of hydrogen-bond donors (Lipinski definition) is 1. The second-order valence-corrected chi connectivity index (χ2v) is 7.52. The maximum atomic E-state index is 13.5. The summed E-state index contributed by atoms with van der Waals surface area (Å²) >= 11 is 0. The summed E-state index contributed by atoms with van der Waals surface area (Å²) in [5.74, 6) is 6.92. The lowest BCUT2D eigenvalue weighted by Gasteiger charge is -2.29. The second-order valence-electron chi connectivity index (χ2n) is 7.52. The van der Waals surface area contributed by atoms with E-state index in [1.54, 1.807) is 49.4 Å². The zero-order valence-electron chi connectivity index (χ0n) is 17.9. The fourth-order valence-corrected chi connectivity index (χ4v) is 3.82. The first kappa shape index (κ1) is 21.0. The van der Waals surface area contributed by atoms with Crippen LogP contribution in [0.4, 0.5) is 6.01 Å². The average molecular weight is 425 g/mol. The number of benzene rings is 2. The van der Waals surface area contributed by atoms with Gasteiger partial charge in [0.25, 0.3) is 11.9 Å². The van der Waals surface area contributed by atoms with Crippen molar-refractivity contribution in [2.75, 3.05) is 52.3 Å². The summed E-state index contributed by atoms with van der Waals surface area (Å²) in [4.78, 5) is 21.9. The summed E-state index contributed by atoms with van der Waals surface area (Å²) < 4.78 is 16.8. The minimum absolute atomic E-state index is 0.123. The molecule has 0 bridgehead atoms. The van der Waals surface area contributed by atoms with Crippen molar-refractivity contribution in [3.63, 3.8) is 0 Å². The molecule has 1 unspecified atom stereocenters. The van der Waals surface area contributed by atoms with E-state index in [4.69, 9.17) is 19.7 Å². The highest BCUT2D eigenvalue weighted by atomic mass is 16.5. The number of likely N-dealkylation sites (N-methyl/N-ethyl adjacent to an activating group) is 1. The maximum absolute atomic E-state index is 13.5. The lowest BCUT2D eigenvalue weighted by atomic mass is 10.1. The highest BCUT2D eigenvalue weighted by Gasteiger charge is 2.32. The van der Waals surface area contributed by atoms with Gasteiger partial charge in [0.1, 0.15) is 22.6 Å². The number of rotatable bonds is 5. The number of para-hydroxylation sites is 2. The van der Waals surface area contributed by atoms with Gasteiger partial charge in [0.15, 0.2) is 5.58 Å². The Balaban J connectivity index is 1.63. The average Bonchev–Trinajstić information content (AvgIpc) is 3.09. The smallest absolute Gasteiger partial charge is 0.298 e. The molecule has 2 aromatic carbocycles. The largest absolute Gasteiger partial charge is 0.496 e. The molecule has 1 aromatic heterocycles. The summed E-state index contributed by atoms with van der Waals surface area (Å²) in [6.07, 6.45) is 0. The van der Waals surface area contributed by atoms with Crippen LogP contribution in [0.15, 0.2) is 46.9 Å². The first-order valence-corrected chi connectivity index (χ1v) is 10.1. The molecule has 9 nitrogen and oxygen atoms in total. The van der Waals surface area contributed by atoms with Crippen molar-refractivity contribution in [3.8, 4) is 11.5 Å². The molecule has 2 heterocycles. The molecular formula is C22H27N5O4. The Labute approximate surface area is 180 Å². The number of fused-ring (bicyclic) bond motifs is 1. The van der Waals surface area contributed by atoms with E-state index < -0.39 is 0 Å². The Morgan fingerprint density at radius 3 is 2.45 bits per heavy atom. The number of carbonyl (C=O) groups excluding carboxylic acids is 1. The predicted octanol–water partition coefficient (Wildman–Crippen LogP) is 1.98. The molecule has 2 N–H and O–H groups in total. The number of hydrogen-bond acceptors (Lipinski definition) is 8. The van der Waals surface area contributed by atoms with Crippen molar-refractivity contribution >= 4 is 23.0 Å². The van der Waals surface area contributed by atoms with E-state index >= 15 is 0 Å². The van der Waals surface area contributed by atoms with Crippen LogP contribution in [-0.4, -0.2) is 74.3 Å². The number of methoxy groups -OCH3 is 2. The number of anilines is 1. The number of hydrazine groups is 1. The van der Waals surface area contributed by atoms with Crippen LogP contribution in [0.25, 0.3) is 11.1 Å². The Kier molecular flexibility index (Phi) is 5.97. The van der Waals surface area contributed by atoms with Gasteiger partial charge in [-0.1, -0.05) is 18.2 Å². The van der Waals surface area contributed by atoms with Gasteiger partial charge in [-0.2, -0.15) is 4.98 Å². The summed E-state index contributed by atoms with van der Waals surface area (Å²) in [7, 11) is 4.88. The predicted molar refractivity (Wildman–Crippen MR) is 117 cm³/mol. The monoisotopic (exact) mass is 425 g/mol. The molecule has 3 aromatic rings. The number of ether oxygens (including phenoxy) is 2. The third-order valence-electron chi connectivity index (χ3n) is 5.56. The Morgan fingerprint density at radius 1 is 1.10 bits per heavy atom. The van der Waals surface area contributed by atoms with Gasteiger partial charge < -0.3 is 23.7 Å². The molecular weight excluding hydrogens is 398 g/mol. The number of aromatic nitrogens is 1. The van der Waals surface area contributed by atoms with E-state index in [0.717, 1.165) is 11.1 Å². The molecule has 0 radical (unpaired) electrons. The Morgan fingerprint density at radius 2 is 1.81 bits per heavy atom. The van der Waals surface area contributed by atoms with Crippen molar-refractivity contribution < 1.29 is 18.7 Å². The molecule has 1 aliphatic heterocycles. The molecule has 9 heteroatoms. The van der Waals surface area contributed by atoms with E-state index in [1.165, 1.54) is 0 Å². The molecule has 0 saturated carbocycles. The lowest BCUT2D eigenvalue weighted by molar-refractivity contribution is 0.0718. The summed E-state index contributed by atoms with van der Waals surface area (Å²) in [6, 6.07) is 13.3. The van der Waals surface area contributed by atoms with Crippen molar-refractivity contribution in [1.82, 2.24) is 14.9 Å². The van der Waals surface area contributed by atoms with Crippen LogP contribution >= 0.6 is 0 Å². The van der Waals surface area contributed by atoms with Crippen molar-refractivity contribution in [1.29, 1.82) is 0 Å². The lowest BCUT2D eigenvalue weighted by Crippen LogP contribution is -2.49. The summed E-state index contributed by atoms with van der Waals surface area (Å²) in [5.41, 5.74) is 1.93. The van der Waals surface area contributed by atoms with Crippen LogP contribution in [0.5, 0.6) is 11.5 Å². The number of carbonyl (C=O) groups is 1. The zero-order chi connectivity index (χ0) is 22.0. The Hall–Kier alpha value is -3.30. The van der Waals surface area contributed by atoms with Gasteiger partial charge in [0.2, 0.25) is 0 Å². The van der Waals surface area contributed by atoms with Crippen LogP contribution in [0.1, 0.15) is 10.4 Å². The zero-order valence-corrected chi connectivity index (χ0v) is 17.9.